The predicted octanol–water partition coefficient (Wildman–Crippen LogP) is 2.74. The fourth-order valence-corrected chi connectivity index (χ4v) is 2.36. The maximum absolute atomic E-state index is 4.63. The van der Waals surface area contributed by atoms with Gasteiger partial charge in [0, 0.05) is 50.1 Å². The van der Waals surface area contributed by atoms with Crippen LogP contribution in [0.2, 0.25) is 0 Å². The van der Waals surface area contributed by atoms with Crippen molar-refractivity contribution in [2.75, 3.05) is 24.3 Å². The number of pyridine rings is 1. The Bertz CT molecular complexity index is 634. The first-order valence-electron chi connectivity index (χ1n) is 7.34. The van der Waals surface area contributed by atoms with Gasteiger partial charge in [0.2, 0.25) is 0 Å². The number of aromatic nitrogens is 3. The number of anilines is 2. The normalized spacial score (nSPS) is 14.0. The molecule has 0 amide bonds. The first-order valence-corrected chi connectivity index (χ1v) is 7.34. The molecule has 1 fully saturated rings. The Morgan fingerprint density at radius 3 is 2.81 bits per heavy atom. The lowest BCUT2D eigenvalue weighted by Gasteiger charge is -2.16. The van der Waals surface area contributed by atoms with E-state index in [-0.39, 0.29) is 0 Å². The van der Waals surface area contributed by atoms with Crippen LogP contribution in [0.3, 0.4) is 0 Å². The third-order valence-corrected chi connectivity index (χ3v) is 3.57. The molecule has 0 spiro atoms. The molecule has 0 aromatic carbocycles. The van der Waals surface area contributed by atoms with Crippen LogP contribution >= 0.6 is 0 Å². The first-order chi connectivity index (χ1) is 10.1. The molecule has 21 heavy (non-hydrogen) atoms. The van der Waals surface area contributed by atoms with Crippen molar-refractivity contribution < 1.29 is 0 Å². The van der Waals surface area contributed by atoms with Crippen LogP contribution in [0, 0.1) is 6.92 Å². The zero-order valence-corrected chi connectivity index (χ0v) is 12.8. The quantitative estimate of drug-likeness (QED) is 0.914. The topological polar surface area (TPSA) is 53.9 Å². The van der Waals surface area contributed by atoms with Gasteiger partial charge in [-0.3, -0.25) is 0 Å². The largest absolute Gasteiger partial charge is 0.366 e. The van der Waals surface area contributed by atoms with Gasteiger partial charge in [0.1, 0.15) is 17.5 Å². The lowest BCUT2D eigenvalue weighted by Crippen LogP contribution is -2.15. The lowest BCUT2D eigenvalue weighted by atomic mass is 10.2. The van der Waals surface area contributed by atoms with Crippen LogP contribution in [-0.2, 0) is 6.54 Å². The number of hydrogen-bond acceptors (Lipinski definition) is 5. The van der Waals surface area contributed by atoms with Gasteiger partial charge in [0.15, 0.2) is 0 Å². The first kappa shape index (κ1) is 13.8. The van der Waals surface area contributed by atoms with E-state index in [4.69, 9.17) is 0 Å². The van der Waals surface area contributed by atoms with E-state index >= 15 is 0 Å². The smallest absolute Gasteiger partial charge is 0.134 e. The molecule has 1 N–H and O–H groups in total. The molecule has 3 rings (SSSR count). The molecular formula is C16H21N5. The molecule has 2 aromatic rings. The van der Waals surface area contributed by atoms with Gasteiger partial charge in [-0.05, 0) is 25.8 Å². The van der Waals surface area contributed by atoms with E-state index in [9.17, 15) is 0 Å². The highest BCUT2D eigenvalue weighted by molar-refractivity contribution is 5.47. The van der Waals surface area contributed by atoms with Crippen molar-refractivity contribution in [1.29, 1.82) is 0 Å². The Morgan fingerprint density at radius 2 is 2.10 bits per heavy atom. The summed E-state index contributed by atoms with van der Waals surface area (Å²) < 4.78 is 0. The molecule has 0 aliphatic heterocycles. The van der Waals surface area contributed by atoms with Crippen LogP contribution in [0.15, 0.2) is 24.4 Å². The molecule has 0 unspecified atom stereocenters. The van der Waals surface area contributed by atoms with Gasteiger partial charge in [-0.25, -0.2) is 15.0 Å². The molecule has 1 aliphatic carbocycles. The second kappa shape index (κ2) is 5.68. The summed E-state index contributed by atoms with van der Waals surface area (Å²) in [5.74, 6) is 3.44. The predicted molar refractivity (Wildman–Crippen MR) is 84.6 cm³/mol. The van der Waals surface area contributed by atoms with Crippen molar-refractivity contribution >= 4 is 11.6 Å². The molecule has 0 atom stereocenters. The molecule has 2 heterocycles. The summed E-state index contributed by atoms with van der Waals surface area (Å²) in [4.78, 5) is 15.6. The Labute approximate surface area is 125 Å². The third-order valence-electron chi connectivity index (χ3n) is 3.57. The van der Waals surface area contributed by atoms with Crippen molar-refractivity contribution in [3.63, 3.8) is 0 Å². The van der Waals surface area contributed by atoms with E-state index in [0.29, 0.717) is 12.5 Å². The van der Waals surface area contributed by atoms with Crippen molar-refractivity contribution in [3.8, 4) is 0 Å². The second-order valence-corrected chi connectivity index (χ2v) is 5.76. The van der Waals surface area contributed by atoms with Gasteiger partial charge in [-0.2, -0.15) is 0 Å². The second-order valence-electron chi connectivity index (χ2n) is 5.76. The Balaban J connectivity index is 1.76. The average Bonchev–Trinajstić information content (AvgIpc) is 3.29. The number of nitrogens with zero attached hydrogens (tertiary/aromatic N) is 4. The summed E-state index contributed by atoms with van der Waals surface area (Å²) >= 11 is 0. The average molecular weight is 283 g/mol. The van der Waals surface area contributed by atoms with Crippen LogP contribution < -0.4 is 10.2 Å². The highest BCUT2D eigenvalue weighted by atomic mass is 15.1. The van der Waals surface area contributed by atoms with Gasteiger partial charge in [-0.15, -0.1) is 0 Å². The van der Waals surface area contributed by atoms with Gasteiger partial charge in [0.05, 0.1) is 0 Å². The zero-order valence-electron chi connectivity index (χ0n) is 12.8. The number of rotatable bonds is 5. The number of aryl methyl sites for hydroxylation is 1. The SMILES string of the molecule is Cc1cc(NCc2cccnc2N(C)C)nc(C2CC2)n1. The van der Waals surface area contributed by atoms with Crippen molar-refractivity contribution in [1.82, 2.24) is 15.0 Å². The van der Waals surface area contributed by atoms with Crippen LogP contribution in [-0.4, -0.2) is 29.0 Å². The summed E-state index contributed by atoms with van der Waals surface area (Å²) in [6.45, 7) is 2.73. The molecular weight excluding hydrogens is 262 g/mol. The minimum Gasteiger partial charge on any atom is -0.366 e. The van der Waals surface area contributed by atoms with Gasteiger partial charge >= 0.3 is 0 Å². The van der Waals surface area contributed by atoms with E-state index in [0.717, 1.165) is 28.7 Å². The fourth-order valence-electron chi connectivity index (χ4n) is 2.36. The molecule has 0 radical (unpaired) electrons. The van der Waals surface area contributed by atoms with E-state index < -0.39 is 0 Å². The van der Waals surface area contributed by atoms with Crippen LogP contribution in [0.1, 0.15) is 35.8 Å². The van der Waals surface area contributed by atoms with Gasteiger partial charge in [0.25, 0.3) is 0 Å². The van der Waals surface area contributed by atoms with Crippen LogP contribution in [0.4, 0.5) is 11.6 Å². The van der Waals surface area contributed by atoms with Crippen molar-refractivity contribution in [3.05, 3.63) is 41.5 Å². The molecule has 5 heteroatoms. The highest BCUT2D eigenvalue weighted by Gasteiger charge is 2.27. The number of nitrogens with one attached hydrogen (secondary N) is 1. The third kappa shape index (κ3) is 3.29. The zero-order chi connectivity index (χ0) is 14.8. The summed E-state index contributed by atoms with van der Waals surface area (Å²) in [7, 11) is 4.01. The molecule has 1 aliphatic rings. The molecule has 2 aromatic heterocycles. The summed E-state index contributed by atoms with van der Waals surface area (Å²) in [6, 6.07) is 6.05. The maximum Gasteiger partial charge on any atom is 0.134 e. The number of hydrogen-bond donors (Lipinski definition) is 1. The summed E-state index contributed by atoms with van der Waals surface area (Å²) in [6.07, 6.45) is 4.26. The Morgan fingerprint density at radius 1 is 1.29 bits per heavy atom. The minimum atomic E-state index is 0.571. The summed E-state index contributed by atoms with van der Waals surface area (Å²) in [5, 5.41) is 3.40. The van der Waals surface area contributed by atoms with Crippen molar-refractivity contribution in [2.45, 2.75) is 32.2 Å². The van der Waals surface area contributed by atoms with E-state index in [2.05, 4.69) is 26.3 Å². The van der Waals surface area contributed by atoms with E-state index in [1.54, 1.807) is 0 Å². The molecule has 5 nitrogen and oxygen atoms in total. The van der Waals surface area contributed by atoms with Gasteiger partial charge < -0.3 is 10.2 Å². The molecule has 1 saturated carbocycles. The lowest BCUT2D eigenvalue weighted by molar-refractivity contribution is 0.900. The van der Waals surface area contributed by atoms with E-state index in [1.807, 2.05) is 44.2 Å². The van der Waals surface area contributed by atoms with Gasteiger partial charge in [-0.1, -0.05) is 6.07 Å². The fraction of sp³-hybridized carbons (Fsp3) is 0.438. The Kier molecular flexibility index (Phi) is 3.73. The minimum absolute atomic E-state index is 0.571. The maximum atomic E-state index is 4.63. The Hall–Kier alpha value is -2.17. The molecule has 0 bridgehead atoms. The van der Waals surface area contributed by atoms with Crippen LogP contribution in [0.5, 0.6) is 0 Å². The van der Waals surface area contributed by atoms with Crippen LogP contribution in [0.25, 0.3) is 0 Å². The summed E-state index contributed by atoms with van der Waals surface area (Å²) in [5.41, 5.74) is 2.18. The standard InChI is InChI=1S/C16H21N5/c1-11-9-14(20-15(19-11)12-6-7-12)18-10-13-5-4-8-17-16(13)21(2)3/h4-5,8-9,12H,6-7,10H2,1-3H3,(H,18,19,20). The monoisotopic (exact) mass is 283 g/mol. The molecule has 110 valence electrons. The van der Waals surface area contributed by atoms with E-state index in [1.165, 1.54) is 12.8 Å². The molecule has 0 saturated heterocycles. The van der Waals surface area contributed by atoms with Crippen molar-refractivity contribution in [2.24, 2.45) is 0 Å². The highest BCUT2D eigenvalue weighted by Crippen LogP contribution is 2.38.